The zero-order valence-corrected chi connectivity index (χ0v) is 18.7. The van der Waals surface area contributed by atoms with Crippen molar-refractivity contribution in [2.45, 2.75) is 4.90 Å². The maximum Gasteiger partial charge on any atom is 0.271 e. The fraction of sp³-hybridized carbons (Fsp3) is 0.0526. The summed E-state index contributed by atoms with van der Waals surface area (Å²) < 4.78 is 38.5. The van der Waals surface area contributed by atoms with Crippen molar-refractivity contribution in [1.82, 2.24) is 0 Å². The number of nitro groups is 1. The summed E-state index contributed by atoms with van der Waals surface area (Å²) in [6.07, 6.45) is 0. The SMILES string of the molecule is COc1cccc(NS(=O)(=O)c2cc(Cl)c(Oc3ccc([N+](=O)[O-])cc3Cl)c(Cl)c2)c1. The van der Waals surface area contributed by atoms with Gasteiger partial charge in [-0.15, -0.1) is 0 Å². The van der Waals surface area contributed by atoms with E-state index in [1.165, 1.54) is 25.3 Å². The molecule has 0 aromatic heterocycles. The van der Waals surface area contributed by atoms with Gasteiger partial charge in [-0.3, -0.25) is 14.8 Å². The van der Waals surface area contributed by atoms with Gasteiger partial charge in [0.1, 0.15) is 11.5 Å². The number of benzene rings is 3. The number of nitrogens with one attached hydrogen (secondary N) is 1. The van der Waals surface area contributed by atoms with Crippen LogP contribution in [-0.4, -0.2) is 20.5 Å². The van der Waals surface area contributed by atoms with Crippen molar-refractivity contribution < 1.29 is 22.8 Å². The minimum Gasteiger partial charge on any atom is -0.497 e. The fourth-order valence-corrected chi connectivity index (χ4v) is 4.49. The maximum atomic E-state index is 12.7. The number of nitrogens with zero attached hydrogens (tertiary/aromatic N) is 1. The molecule has 0 heterocycles. The molecule has 0 spiro atoms. The number of methoxy groups -OCH3 is 1. The molecule has 0 aliphatic heterocycles. The molecule has 0 aliphatic rings. The quantitative estimate of drug-likeness (QED) is 0.306. The maximum absolute atomic E-state index is 12.7. The molecular formula is C19H13Cl3N2O6S. The monoisotopic (exact) mass is 502 g/mol. The third kappa shape index (κ3) is 5.31. The van der Waals surface area contributed by atoms with Crippen molar-refractivity contribution in [2.75, 3.05) is 11.8 Å². The van der Waals surface area contributed by atoms with Crippen LogP contribution in [0.2, 0.25) is 15.1 Å². The van der Waals surface area contributed by atoms with Crippen molar-refractivity contribution >= 4 is 56.2 Å². The Morgan fingerprint density at radius 1 is 0.968 bits per heavy atom. The van der Waals surface area contributed by atoms with Gasteiger partial charge in [0.15, 0.2) is 5.75 Å². The van der Waals surface area contributed by atoms with Crippen molar-refractivity contribution in [1.29, 1.82) is 0 Å². The number of hydrogen-bond donors (Lipinski definition) is 1. The molecule has 0 aliphatic carbocycles. The van der Waals surface area contributed by atoms with Crippen LogP contribution >= 0.6 is 34.8 Å². The molecule has 3 aromatic rings. The third-order valence-corrected chi connectivity index (χ3v) is 6.16. The van der Waals surface area contributed by atoms with Gasteiger partial charge in [-0.05, 0) is 30.3 Å². The molecule has 0 saturated heterocycles. The molecule has 0 saturated carbocycles. The van der Waals surface area contributed by atoms with E-state index in [0.717, 1.165) is 18.2 Å². The molecular weight excluding hydrogens is 491 g/mol. The standard InChI is InChI=1S/C19H13Cl3N2O6S/c1-29-13-4-2-3-11(7-13)23-31(27,28)14-9-16(21)19(17(22)10-14)30-18-6-5-12(24(25)26)8-15(18)20/h2-10,23H,1H3. The van der Waals surface area contributed by atoms with Crippen LogP contribution in [0, 0.1) is 10.1 Å². The van der Waals surface area contributed by atoms with Crippen LogP contribution in [0.15, 0.2) is 59.5 Å². The lowest BCUT2D eigenvalue weighted by Crippen LogP contribution is -2.13. The van der Waals surface area contributed by atoms with Gasteiger partial charge < -0.3 is 9.47 Å². The molecule has 0 radical (unpaired) electrons. The Balaban J connectivity index is 1.90. The summed E-state index contributed by atoms with van der Waals surface area (Å²) in [5, 5.41) is 10.6. The Labute approximate surface area is 192 Å². The van der Waals surface area contributed by atoms with E-state index >= 15 is 0 Å². The number of ether oxygens (including phenoxy) is 2. The van der Waals surface area contributed by atoms with Crippen molar-refractivity contribution in [3.63, 3.8) is 0 Å². The molecule has 31 heavy (non-hydrogen) atoms. The molecule has 3 aromatic carbocycles. The Bertz CT molecular complexity index is 1240. The summed E-state index contributed by atoms with van der Waals surface area (Å²) in [7, 11) is -2.57. The van der Waals surface area contributed by atoms with Crippen LogP contribution in [0.25, 0.3) is 0 Å². The Kier molecular flexibility index (Phi) is 6.80. The average Bonchev–Trinajstić information content (AvgIpc) is 2.71. The smallest absolute Gasteiger partial charge is 0.271 e. The number of anilines is 1. The number of rotatable bonds is 7. The van der Waals surface area contributed by atoms with Crippen LogP contribution in [0.5, 0.6) is 17.2 Å². The van der Waals surface area contributed by atoms with Gasteiger partial charge in [0.2, 0.25) is 0 Å². The molecule has 12 heteroatoms. The lowest BCUT2D eigenvalue weighted by molar-refractivity contribution is -0.384. The molecule has 1 N–H and O–H groups in total. The molecule has 0 fully saturated rings. The van der Waals surface area contributed by atoms with Gasteiger partial charge in [0.25, 0.3) is 15.7 Å². The van der Waals surface area contributed by atoms with E-state index in [2.05, 4.69) is 4.72 Å². The first-order chi connectivity index (χ1) is 14.6. The van der Waals surface area contributed by atoms with E-state index in [0.29, 0.717) is 5.75 Å². The summed E-state index contributed by atoms with van der Waals surface area (Å²) in [6, 6.07) is 12.3. The van der Waals surface area contributed by atoms with Crippen molar-refractivity contribution in [3.05, 3.63) is 79.8 Å². The van der Waals surface area contributed by atoms with Gasteiger partial charge in [-0.2, -0.15) is 0 Å². The number of nitro benzene ring substituents is 1. The molecule has 0 amide bonds. The van der Waals surface area contributed by atoms with Gasteiger partial charge >= 0.3 is 0 Å². The van der Waals surface area contributed by atoms with Crippen molar-refractivity contribution in [3.8, 4) is 17.2 Å². The van der Waals surface area contributed by atoms with Gasteiger partial charge in [0, 0.05) is 18.2 Å². The van der Waals surface area contributed by atoms with Crippen LogP contribution in [0.4, 0.5) is 11.4 Å². The van der Waals surface area contributed by atoms with E-state index in [-0.39, 0.29) is 42.8 Å². The summed E-state index contributed by atoms with van der Waals surface area (Å²) >= 11 is 18.4. The predicted octanol–water partition coefficient (Wildman–Crippen LogP) is 6.16. The van der Waals surface area contributed by atoms with Gasteiger partial charge in [-0.1, -0.05) is 40.9 Å². The fourth-order valence-electron chi connectivity index (χ4n) is 2.49. The van der Waals surface area contributed by atoms with Crippen LogP contribution in [0.1, 0.15) is 0 Å². The molecule has 8 nitrogen and oxygen atoms in total. The van der Waals surface area contributed by atoms with Crippen LogP contribution < -0.4 is 14.2 Å². The Morgan fingerprint density at radius 3 is 2.23 bits per heavy atom. The molecule has 0 unspecified atom stereocenters. The highest BCUT2D eigenvalue weighted by atomic mass is 35.5. The van der Waals surface area contributed by atoms with E-state index < -0.39 is 14.9 Å². The van der Waals surface area contributed by atoms with E-state index in [1.54, 1.807) is 18.2 Å². The number of non-ortho nitro benzene ring substituents is 1. The zero-order chi connectivity index (χ0) is 22.8. The molecule has 0 bridgehead atoms. The highest BCUT2D eigenvalue weighted by Crippen LogP contribution is 2.41. The normalized spacial score (nSPS) is 11.1. The summed E-state index contributed by atoms with van der Waals surface area (Å²) in [4.78, 5) is 10.0. The first kappa shape index (κ1) is 23.0. The number of halogens is 3. The second-order valence-corrected chi connectivity index (χ2v) is 8.93. The van der Waals surface area contributed by atoms with Crippen LogP contribution in [-0.2, 0) is 10.0 Å². The molecule has 3 rings (SSSR count). The van der Waals surface area contributed by atoms with Gasteiger partial charge in [-0.25, -0.2) is 8.42 Å². The minimum absolute atomic E-state index is 0.0438. The first-order valence-corrected chi connectivity index (χ1v) is 11.0. The topological polar surface area (TPSA) is 108 Å². The largest absolute Gasteiger partial charge is 0.497 e. The van der Waals surface area contributed by atoms with E-state index in [4.69, 9.17) is 44.3 Å². The molecule has 162 valence electrons. The predicted molar refractivity (Wildman–Crippen MR) is 118 cm³/mol. The highest BCUT2D eigenvalue weighted by Gasteiger charge is 2.21. The number of hydrogen-bond acceptors (Lipinski definition) is 6. The van der Waals surface area contributed by atoms with E-state index in [1.807, 2.05) is 0 Å². The van der Waals surface area contributed by atoms with Gasteiger partial charge in [0.05, 0.1) is 37.7 Å². The summed E-state index contributed by atoms with van der Waals surface area (Å²) in [5.41, 5.74) is 0.0594. The summed E-state index contributed by atoms with van der Waals surface area (Å²) in [6.45, 7) is 0. The van der Waals surface area contributed by atoms with Crippen molar-refractivity contribution in [2.24, 2.45) is 0 Å². The van der Waals surface area contributed by atoms with Crippen LogP contribution in [0.3, 0.4) is 0 Å². The lowest BCUT2D eigenvalue weighted by atomic mass is 10.3. The summed E-state index contributed by atoms with van der Waals surface area (Å²) in [5.74, 6) is 0.473. The zero-order valence-electron chi connectivity index (χ0n) is 15.6. The first-order valence-electron chi connectivity index (χ1n) is 8.38. The lowest BCUT2D eigenvalue weighted by Gasteiger charge is -2.14. The third-order valence-electron chi connectivity index (χ3n) is 3.94. The molecule has 0 atom stereocenters. The van der Waals surface area contributed by atoms with E-state index in [9.17, 15) is 18.5 Å². The Hall–Kier alpha value is -2.72. The second kappa shape index (κ2) is 9.19. The highest BCUT2D eigenvalue weighted by molar-refractivity contribution is 7.92. The Morgan fingerprint density at radius 2 is 1.65 bits per heavy atom. The minimum atomic E-state index is -4.03. The average molecular weight is 504 g/mol. The number of sulfonamides is 1. The second-order valence-electron chi connectivity index (χ2n) is 6.03.